The van der Waals surface area contributed by atoms with Gasteiger partial charge >= 0.3 is 0 Å². The van der Waals surface area contributed by atoms with E-state index in [-0.39, 0.29) is 5.91 Å². The molecule has 1 aromatic heterocycles. The van der Waals surface area contributed by atoms with Crippen molar-refractivity contribution < 1.29 is 14.1 Å². The van der Waals surface area contributed by atoms with Crippen molar-refractivity contribution in [2.75, 3.05) is 11.3 Å². The van der Waals surface area contributed by atoms with Crippen LogP contribution in [0.2, 0.25) is 0 Å². The summed E-state index contributed by atoms with van der Waals surface area (Å²) in [6.45, 7) is 8.65. The molecule has 216 valence electrons. The second-order valence-corrected chi connectivity index (χ2v) is 12.1. The summed E-state index contributed by atoms with van der Waals surface area (Å²) in [6.07, 6.45) is 6.59. The smallest absolute Gasteiger partial charge is 0.256 e. The zero-order valence-electron chi connectivity index (χ0n) is 25.0. The molecule has 3 aromatic rings. The van der Waals surface area contributed by atoms with Crippen molar-refractivity contribution in [3.05, 3.63) is 64.9 Å². The Labute approximate surface area is 256 Å². The van der Waals surface area contributed by atoms with Crippen LogP contribution in [0.4, 0.5) is 5.82 Å². The monoisotopic (exact) mass is 580 g/mol. The number of amides is 1. The first-order valence-corrected chi connectivity index (χ1v) is 15.7. The lowest BCUT2D eigenvalue weighted by Crippen LogP contribution is -2.40. The molecule has 0 unspecified atom stereocenters. The number of aromatic nitrogens is 1. The highest BCUT2D eigenvalue weighted by molar-refractivity contribution is 8.00. The van der Waals surface area contributed by atoms with E-state index in [0.29, 0.717) is 24.5 Å². The average molecular weight is 580 g/mol. The van der Waals surface area contributed by atoms with E-state index >= 15 is 0 Å². The van der Waals surface area contributed by atoms with Crippen LogP contribution in [0, 0.1) is 13.8 Å². The molecule has 1 N–H and O–H groups in total. The van der Waals surface area contributed by atoms with E-state index in [1.54, 1.807) is 0 Å². The van der Waals surface area contributed by atoms with Gasteiger partial charge in [0.1, 0.15) is 32.8 Å². The van der Waals surface area contributed by atoms with E-state index in [2.05, 4.69) is 16.8 Å². The number of carbonyl (C=O) groups is 1. The zero-order valence-corrected chi connectivity index (χ0v) is 25.9. The molecule has 2 heterocycles. The fraction of sp³-hybridized carbons (Fsp3) is 0.469. The van der Waals surface area contributed by atoms with Gasteiger partial charge in [0.05, 0.1) is 6.54 Å². The number of anilines is 1. The first-order chi connectivity index (χ1) is 20.2. The Hall–Kier alpha value is -2.97. The predicted octanol–water partition coefficient (Wildman–Crippen LogP) is 6.81. The number of benzene rings is 2. The number of hydrogen-bond donors (Lipinski definition) is 1. The third-order valence-corrected chi connectivity index (χ3v) is 9.17. The van der Waals surface area contributed by atoms with Gasteiger partial charge in [0.2, 0.25) is 0 Å². The SMILES string of the molecule is [B]C([B])(OCC)c1cc(CN2C(=O)C3(CCCC3)N=C2CCCC)ccc1-c1ccccc1SNc1noc(C)c1C. The van der Waals surface area contributed by atoms with Crippen LogP contribution in [-0.2, 0) is 21.5 Å². The largest absolute Gasteiger partial charge is 0.390 e. The number of aryl methyl sites for hydroxylation is 1. The van der Waals surface area contributed by atoms with Gasteiger partial charge in [-0.2, -0.15) is 0 Å². The van der Waals surface area contributed by atoms with Gasteiger partial charge in [-0.25, -0.2) is 0 Å². The topological polar surface area (TPSA) is 80.0 Å². The van der Waals surface area contributed by atoms with E-state index in [4.69, 9.17) is 29.9 Å². The average Bonchev–Trinajstić information content (AvgIpc) is 3.66. The van der Waals surface area contributed by atoms with E-state index < -0.39 is 10.9 Å². The van der Waals surface area contributed by atoms with Crippen molar-refractivity contribution in [2.24, 2.45) is 4.99 Å². The van der Waals surface area contributed by atoms with Gasteiger partial charge in [-0.3, -0.25) is 14.7 Å². The molecule has 5 rings (SSSR count). The molecular weight excluding hydrogens is 542 g/mol. The fourth-order valence-corrected chi connectivity index (χ4v) is 6.67. The number of carbonyl (C=O) groups excluding carboxylic acids is 1. The second kappa shape index (κ2) is 12.7. The Morgan fingerprint density at radius 2 is 1.88 bits per heavy atom. The molecule has 1 spiro atoms. The summed E-state index contributed by atoms with van der Waals surface area (Å²) in [5.74, 6) is 2.48. The highest BCUT2D eigenvalue weighted by Crippen LogP contribution is 2.41. The molecule has 4 radical (unpaired) electrons. The number of aliphatic imine (C=N–C) groups is 1. The Morgan fingerprint density at radius 1 is 1.12 bits per heavy atom. The number of rotatable bonds is 12. The summed E-state index contributed by atoms with van der Waals surface area (Å²) in [4.78, 5) is 21.7. The van der Waals surface area contributed by atoms with Gasteiger partial charge in [-0.15, -0.1) is 0 Å². The molecule has 7 nitrogen and oxygen atoms in total. The van der Waals surface area contributed by atoms with Gasteiger partial charge in [-0.05, 0) is 80.3 Å². The first-order valence-electron chi connectivity index (χ1n) is 14.9. The van der Waals surface area contributed by atoms with E-state index in [9.17, 15) is 4.79 Å². The minimum Gasteiger partial charge on any atom is -0.390 e. The normalized spacial score (nSPS) is 16.4. The number of hydrogen-bond acceptors (Lipinski definition) is 7. The van der Waals surface area contributed by atoms with E-state index in [1.807, 2.05) is 68.1 Å². The van der Waals surface area contributed by atoms with E-state index in [1.165, 1.54) is 11.9 Å². The van der Waals surface area contributed by atoms with Crippen molar-refractivity contribution in [1.82, 2.24) is 10.1 Å². The summed E-state index contributed by atoms with van der Waals surface area (Å²) < 4.78 is 14.5. The van der Waals surface area contributed by atoms with Crippen LogP contribution in [0.3, 0.4) is 0 Å². The number of ether oxygens (including phenoxy) is 1. The van der Waals surface area contributed by atoms with Gasteiger partial charge in [0, 0.05) is 28.9 Å². The molecule has 0 saturated heterocycles. The third-order valence-electron chi connectivity index (χ3n) is 8.30. The molecule has 2 aliphatic rings. The Bertz CT molecular complexity index is 1470. The zero-order chi connectivity index (χ0) is 29.9. The minimum atomic E-state index is -1.54. The lowest BCUT2D eigenvalue weighted by molar-refractivity contribution is -0.131. The van der Waals surface area contributed by atoms with Gasteiger partial charge < -0.3 is 14.0 Å². The Kier molecular flexibility index (Phi) is 9.23. The third kappa shape index (κ3) is 6.06. The van der Waals surface area contributed by atoms with Crippen LogP contribution in [0.5, 0.6) is 0 Å². The van der Waals surface area contributed by atoms with Crippen molar-refractivity contribution in [3.8, 4) is 11.1 Å². The molecule has 1 aliphatic heterocycles. The van der Waals surface area contributed by atoms with E-state index in [0.717, 1.165) is 83.7 Å². The van der Waals surface area contributed by atoms with Crippen molar-refractivity contribution in [2.45, 2.75) is 95.0 Å². The Morgan fingerprint density at radius 3 is 2.57 bits per heavy atom. The van der Waals surface area contributed by atoms with Gasteiger partial charge in [0.15, 0.2) is 5.82 Å². The summed E-state index contributed by atoms with van der Waals surface area (Å²) in [5.41, 5.74) is 3.77. The lowest BCUT2D eigenvalue weighted by Gasteiger charge is -2.31. The lowest BCUT2D eigenvalue weighted by atomic mass is 9.59. The predicted molar refractivity (Wildman–Crippen MR) is 171 cm³/mol. The van der Waals surface area contributed by atoms with Gasteiger partial charge in [0.25, 0.3) is 5.91 Å². The standard InChI is InChI=1S/C32H38B2N4O3S/c1-5-7-14-28-35-31(17-10-11-18-31)30(39)38(28)20-23-15-16-24(26(19-23)32(33,34)40-6-2)25-12-8-9-13-27(25)42-37-29-21(3)22(4)41-36-29/h8-9,12-13,15-16,19H,5-7,10-11,14,17-18,20H2,1-4H3,(H,36,37). The molecule has 1 amide bonds. The molecule has 1 fully saturated rings. The number of unbranched alkanes of at least 4 members (excludes halogenated alkanes) is 1. The maximum absolute atomic E-state index is 13.8. The molecule has 42 heavy (non-hydrogen) atoms. The molecule has 1 saturated carbocycles. The molecule has 2 aromatic carbocycles. The number of nitrogens with zero attached hydrogens (tertiary/aromatic N) is 3. The summed E-state index contributed by atoms with van der Waals surface area (Å²) in [6, 6.07) is 14.1. The quantitative estimate of drug-likeness (QED) is 0.188. The van der Waals surface area contributed by atoms with Crippen molar-refractivity contribution in [1.29, 1.82) is 0 Å². The van der Waals surface area contributed by atoms with Crippen molar-refractivity contribution in [3.63, 3.8) is 0 Å². The summed E-state index contributed by atoms with van der Waals surface area (Å²) in [7, 11) is 13.2. The molecule has 10 heteroatoms. The van der Waals surface area contributed by atoms with Gasteiger partial charge in [-0.1, -0.05) is 67.7 Å². The Balaban J connectivity index is 1.49. The van der Waals surface area contributed by atoms with Crippen LogP contribution in [0.1, 0.15) is 81.2 Å². The summed E-state index contributed by atoms with van der Waals surface area (Å²) >= 11 is 1.44. The first kappa shape index (κ1) is 30.5. The van der Waals surface area contributed by atoms with Crippen molar-refractivity contribution >= 4 is 45.2 Å². The molecule has 1 aliphatic carbocycles. The molecule has 0 atom stereocenters. The highest BCUT2D eigenvalue weighted by atomic mass is 32.2. The summed E-state index contributed by atoms with van der Waals surface area (Å²) in [5, 5.41) is 2.59. The molecular formula is C32H38B2N4O3S. The van der Waals surface area contributed by atoms with Crippen LogP contribution in [-0.4, -0.2) is 49.6 Å². The van der Waals surface area contributed by atoms with Crippen LogP contribution in [0.25, 0.3) is 11.1 Å². The molecule has 0 bridgehead atoms. The second-order valence-electron chi connectivity index (χ2n) is 11.3. The highest BCUT2D eigenvalue weighted by Gasteiger charge is 2.49. The minimum absolute atomic E-state index is 0.125. The van der Waals surface area contributed by atoms with Crippen LogP contribution in [0.15, 0.2) is 56.9 Å². The van der Waals surface area contributed by atoms with Crippen LogP contribution < -0.4 is 4.72 Å². The number of nitrogens with one attached hydrogen (secondary N) is 1. The van der Waals surface area contributed by atoms with Crippen LogP contribution >= 0.6 is 11.9 Å². The maximum Gasteiger partial charge on any atom is 0.256 e. The fourth-order valence-electron chi connectivity index (χ4n) is 5.84. The number of amidine groups is 1. The maximum atomic E-state index is 13.8.